The second-order valence-corrected chi connectivity index (χ2v) is 9.27. The van der Waals surface area contributed by atoms with Crippen LogP contribution in [0, 0.1) is 21.4 Å². The van der Waals surface area contributed by atoms with Gasteiger partial charge < -0.3 is 14.8 Å². The number of ether oxygens (including phenoxy) is 2. The van der Waals surface area contributed by atoms with Gasteiger partial charge in [0.2, 0.25) is 0 Å². The summed E-state index contributed by atoms with van der Waals surface area (Å²) in [6.07, 6.45) is 1.38. The molecule has 40 heavy (non-hydrogen) atoms. The number of halogens is 2. The molecule has 0 saturated carbocycles. The standard InChI is InChI=1S/C30H21Cl2N3O5/c31-24-7-14-29(40-18-20-5-10-26(11-6-20)35(37)38)22(16-24)15-23(17-33)30(36)34-25-8-12-27(13-9-25)39-19-21-3-1-2-4-28(21)32/h1-16H,18-19H2,(H,34,36)/b23-15+. The van der Waals surface area contributed by atoms with E-state index in [-0.39, 0.29) is 17.9 Å². The Labute approximate surface area is 240 Å². The van der Waals surface area contributed by atoms with E-state index in [4.69, 9.17) is 32.7 Å². The molecule has 10 heteroatoms. The maximum absolute atomic E-state index is 12.9. The maximum Gasteiger partial charge on any atom is 0.269 e. The lowest BCUT2D eigenvalue weighted by Crippen LogP contribution is -2.13. The lowest BCUT2D eigenvalue weighted by atomic mass is 10.1. The summed E-state index contributed by atoms with van der Waals surface area (Å²) in [7, 11) is 0. The topological polar surface area (TPSA) is 114 Å². The summed E-state index contributed by atoms with van der Waals surface area (Å²) in [6, 6.07) is 26.8. The summed E-state index contributed by atoms with van der Waals surface area (Å²) < 4.78 is 11.6. The number of carbonyl (C=O) groups excluding carboxylic acids is 1. The van der Waals surface area contributed by atoms with E-state index in [0.29, 0.717) is 45.0 Å². The van der Waals surface area contributed by atoms with E-state index < -0.39 is 10.8 Å². The number of benzene rings is 4. The highest BCUT2D eigenvalue weighted by Gasteiger charge is 2.13. The Bertz CT molecular complexity index is 1600. The van der Waals surface area contributed by atoms with Crippen molar-refractivity contribution in [3.63, 3.8) is 0 Å². The number of nitro benzene ring substituents is 1. The van der Waals surface area contributed by atoms with Gasteiger partial charge in [-0.1, -0.05) is 41.4 Å². The number of hydrogen-bond donors (Lipinski definition) is 1. The van der Waals surface area contributed by atoms with Crippen molar-refractivity contribution in [3.05, 3.63) is 133 Å². The lowest BCUT2D eigenvalue weighted by Gasteiger charge is -2.11. The Hall–Kier alpha value is -4.84. The summed E-state index contributed by atoms with van der Waals surface area (Å²) in [5.74, 6) is 0.347. The highest BCUT2D eigenvalue weighted by atomic mass is 35.5. The van der Waals surface area contributed by atoms with Gasteiger partial charge in [0.25, 0.3) is 11.6 Å². The van der Waals surface area contributed by atoms with E-state index >= 15 is 0 Å². The Morgan fingerprint density at radius 1 is 0.950 bits per heavy atom. The highest BCUT2D eigenvalue weighted by molar-refractivity contribution is 6.31. The smallest absolute Gasteiger partial charge is 0.269 e. The number of nitrogens with zero attached hydrogens (tertiary/aromatic N) is 2. The second-order valence-electron chi connectivity index (χ2n) is 8.42. The first-order chi connectivity index (χ1) is 19.3. The van der Waals surface area contributed by atoms with Crippen molar-refractivity contribution in [2.45, 2.75) is 13.2 Å². The van der Waals surface area contributed by atoms with E-state index in [9.17, 15) is 20.2 Å². The number of anilines is 1. The summed E-state index contributed by atoms with van der Waals surface area (Å²) in [5.41, 5.74) is 2.25. The largest absolute Gasteiger partial charge is 0.489 e. The molecular formula is C30H21Cl2N3O5. The zero-order valence-corrected chi connectivity index (χ0v) is 22.4. The van der Waals surface area contributed by atoms with Crippen LogP contribution >= 0.6 is 23.2 Å². The minimum absolute atomic E-state index is 0.0252. The molecule has 0 aliphatic carbocycles. The molecule has 4 rings (SSSR count). The van der Waals surface area contributed by atoms with Gasteiger partial charge in [0.1, 0.15) is 36.4 Å². The molecule has 0 aliphatic rings. The third-order valence-electron chi connectivity index (χ3n) is 5.64. The minimum Gasteiger partial charge on any atom is -0.489 e. The first-order valence-electron chi connectivity index (χ1n) is 11.9. The average molecular weight is 574 g/mol. The number of nitrogens with one attached hydrogen (secondary N) is 1. The fraction of sp³-hybridized carbons (Fsp3) is 0.0667. The highest BCUT2D eigenvalue weighted by Crippen LogP contribution is 2.27. The fourth-order valence-corrected chi connectivity index (χ4v) is 3.92. The van der Waals surface area contributed by atoms with E-state index in [0.717, 1.165) is 5.56 Å². The number of rotatable bonds is 10. The molecule has 4 aromatic carbocycles. The van der Waals surface area contributed by atoms with Crippen LogP contribution < -0.4 is 14.8 Å². The molecule has 4 aromatic rings. The molecule has 0 radical (unpaired) electrons. The Morgan fingerprint density at radius 3 is 2.35 bits per heavy atom. The summed E-state index contributed by atoms with van der Waals surface area (Å²) in [5, 5.41) is 24.2. The van der Waals surface area contributed by atoms with Crippen molar-refractivity contribution < 1.29 is 19.2 Å². The third-order valence-corrected chi connectivity index (χ3v) is 6.25. The van der Waals surface area contributed by atoms with Gasteiger partial charge >= 0.3 is 0 Å². The number of hydrogen-bond acceptors (Lipinski definition) is 6. The van der Waals surface area contributed by atoms with Crippen LogP contribution in [0.3, 0.4) is 0 Å². The van der Waals surface area contributed by atoms with Crippen LogP contribution in [-0.4, -0.2) is 10.8 Å². The van der Waals surface area contributed by atoms with E-state index in [2.05, 4.69) is 5.32 Å². The van der Waals surface area contributed by atoms with Gasteiger partial charge in [-0.05, 0) is 72.3 Å². The van der Waals surface area contributed by atoms with Gasteiger partial charge in [0.05, 0.1) is 4.92 Å². The molecule has 0 unspecified atom stereocenters. The van der Waals surface area contributed by atoms with Crippen molar-refractivity contribution in [3.8, 4) is 17.6 Å². The van der Waals surface area contributed by atoms with Crippen LogP contribution in [0.15, 0.2) is 96.6 Å². The maximum atomic E-state index is 12.9. The monoisotopic (exact) mass is 573 g/mol. The predicted octanol–water partition coefficient (Wildman–Crippen LogP) is 7.61. The number of carbonyl (C=O) groups is 1. The SMILES string of the molecule is N#C/C(=C\c1cc(Cl)ccc1OCc1ccc([N+](=O)[O-])cc1)C(=O)Nc1ccc(OCc2ccccc2Cl)cc1. The Kier molecular flexibility index (Phi) is 9.36. The average Bonchev–Trinajstić information content (AvgIpc) is 2.96. The van der Waals surface area contributed by atoms with Crippen LogP contribution in [0.2, 0.25) is 10.0 Å². The predicted molar refractivity (Wildman–Crippen MR) is 153 cm³/mol. The van der Waals surface area contributed by atoms with Gasteiger partial charge in [-0.3, -0.25) is 14.9 Å². The Morgan fingerprint density at radius 2 is 1.68 bits per heavy atom. The number of nitro groups is 1. The first kappa shape index (κ1) is 28.2. The molecule has 200 valence electrons. The van der Waals surface area contributed by atoms with Crippen molar-refractivity contribution in [1.82, 2.24) is 0 Å². The van der Waals surface area contributed by atoms with Crippen molar-refractivity contribution >= 4 is 46.6 Å². The quantitative estimate of drug-likeness (QED) is 0.0903. The molecule has 8 nitrogen and oxygen atoms in total. The van der Waals surface area contributed by atoms with Crippen molar-refractivity contribution in [1.29, 1.82) is 5.26 Å². The van der Waals surface area contributed by atoms with Crippen molar-refractivity contribution in [2.24, 2.45) is 0 Å². The van der Waals surface area contributed by atoms with Gasteiger partial charge in [-0.15, -0.1) is 0 Å². The number of nitriles is 1. The molecule has 0 atom stereocenters. The Balaban J connectivity index is 1.42. The zero-order valence-electron chi connectivity index (χ0n) is 20.8. The van der Waals surface area contributed by atoms with E-state index in [1.807, 2.05) is 24.3 Å². The normalized spacial score (nSPS) is 10.9. The summed E-state index contributed by atoms with van der Waals surface area (Å²) in [6.45, 7) is 0.403. The molecular weight excluding hydrogens is 553 g/mol. The van der Waals surface area contributed by atoms with E-state index in [1.54, 1.807) is 60.7 Å². The van der Waals surface area contributed by atoms with Gasteiger partial charge in [0.15, 0.2) is 0 Å². The van der Waals surface area contributed by atoms with Gasteiger partial charge in [0, 0.05) is 39.0 Å². The summed E-state index contributed by atoms with van der Waals surface area (Å²) in [4.78, 5) is 23.2. The van der Waals surface area contributed by atoms with Crippen LogP contribution in [0.1, 0.15) is 16.7 Å². The zero-order chi connectivity index (χ0) is 28.5. The van der Waals surface area contributed by atoms with Crippen LogP contribution in [0.4, 0.5) is 11.4 Å². The van der Waals surface area contributed by atoms with Crippen LogP contribution in [-0.2, 0) is 18.0 Å². The molecule has 1 amide bonds. The molecule has 0 aliphatic heterocycles. The molecule has 1 N–H and O–H groups in total. The molecule has 0 saturated heterocycles. The molecule has 0 fully saturated rings. The molecule has 0 spiro atoms. The van der Waals surface area contributed by atoms with Crippen LogP contribution in [0.25, 0.3) is 6.08 Å². The first-order valence-corrected chi connectivity index (χ1v) is 12.6. The second kappa shape index (κ2) is 13.3. The van der Waals surface area contributed by atoms with E-state index in [1.165, 1.54) is 18.2 Å². The lowest BCUT2D eigenvalue weighted by molar-refractivity contribution is -0.384. The molecule has 0 bridgehead atoms. The number of amides is 1. The molecule has 0 aromatic heterocycles. The number of non-ortho nitro benzene ring substituents is 1. The van der Waals surface area contributed by atoms with Gasteiger partial charge in [-0.2, -0.15) is 5.26 Å². The van der Waals surface area contributed by atoms with Crippen molar-refractivity contribution in [2.75, 3.05) is 5.32 Å². The van der Waals surface area contributed by atoms with Crippen LogP contribution in [0.5, 0.6) is 11.5 Å². The summed E-state index contributed by atoms with van der Waals surface area (Å²) >= 11 is 12.3. The minimum atomic E-state index is -0.617. The van der Waals surface area contributed by atoms with Gasteiger partial charge in [-0.25, -0.2) is 0 Å². The fourth-order valence-electron chi connectivity index (χ4n) is 3.55. The third kappa shape index (κ3) is 7.60. The molecule has 0 heterocycles.